The van der Waals surface area contributed by atoms with E-state index in [1.807, 2.05) is 24.3 Å². The number of methoxy groups -OCH3 is 3. The summed E-state index contributed by atoms with van der Waals surface area (Å²) in [6.45, 7) is 2.94. The summed E-state index contributed by atoms with van der Waals surface area (Å²) in [7, 11) is 4.60. The maximum Gasteiger partial charge on any atom is 0.289 e. The fourth-order valence-corrected chi connectivity index (χ4v) is 3.78. The molecule has 37 heavy (non-hydrogen) atoms. The van der Waals surface area contributed by atoms with Gasteiger partial charge in [0, 0.05) is 11.1 Å². The molecular weight excluding hydrogens is 472 g/mol. The molecule has 0 aliphatic rings. The number of hydrazone groups is 1. The lowest BCUT2D eigenvalue weighted by molar-refractivity contribution is 0.0950. The number of nitrogens with zero attached hydrogens (tertiary/aromatic N) is 2. The summed E-state index contributed by atoms with van der Waals surface area (Å²) in [6.07, 6.45) is 8.88. The molecule has 198 valence electrons. The van der Waals surface area contributed by atoms with Gasteiger partial charge in [0.2, 0.25) is 5.75 Å². The van der Waals surface area contributed by atoms with Gasteiger partial charge in [-0.1, -0.05) is 39.0 Å². The van der Waals surface area contributed by atoms with E-state index in [4.69, 9.17) is 18.9 Å². The Bertz CT molecular complexity index is 1130. The average molecular weight is 509 g/mol. The number of nitrogens with one attached hydrogen (secondary N) is 2. The number of ether oxygens (including phenoxy) is 4. The molecule has 0 fully saturated rings. The first-order chi connectivity index (χ1) is 18.1. The molecule has 0 saturated heterocycles. The van der Waals surface area contributed by atoms with E-state index in [0.717, 1.165) is 24.3 Å². The molecule has 9 nitrogen and oxygen atoms in total. The number of aromatic nitrogens is 2. The molecule has 0 unspecified atom stereocenters. The Hall–Kier alpha value is -4.01. The summed E-state index contributed by atoms with van der Waals surface area (Å²) in [5.74, 6) is 1.88. The van der Waals surface area contributed by atoms with E-state index in [2.05, 4.69) is 27.6 Å². The van der Waals surface area contributed by atoms with Crippen LogP contribution in [0.1, 0.15) is 61.5 Å². The third kappa shape index (κ3) is 7.99. The van der Waals surface area contributed by atoms with Crippen LogP contribution in [0.2, 0.25) is 0 Å². The molecule has 0 aliphatic heterocycles. The minimum atomic E-state index is -0.415. The van der Waals surface area contributed by atoms with Gasteiger partial charge in [0.1, 0.15) is 11.4 Å². The summed E-state index contributed by atoms with van der Waals surface area (Å²) in [6, 6.07) is 12.8. The standard InChI is InChI=1S/C28H36N4O5/c1-5-6-7-8-9-10-15-37-22-13-11-21(12-14-22)23-18-24(31-30-23)28(33)32-29-19-20-16-25(34-2)27(36-4)26(17-20)35-3/h11-14,16-19H,5-10,15H2,1-4H3,(H,30,31)(H,32,33)/b29-19-. The molecule has 0 spiro atoms. The van der Waals surface area contributed by atoms with Crippen LogP contribution in [0.5, 0.6) is 23.0 Å². The molecule has 3 rings (SSSR count). The first kappa shape index (κ1) is 27.6. The largest absolute Gasteiger partial charge is 0.494 e. The van der Waals surface area contributed by atoms with E-state index < -0.39 is 5.91 Å². The number of rotatable bonds is 15. The fourth-order valence-electron chi connectivity index (χ4n) is 3.78. The van der Waals surface area contributed by atoms with E-state index in [9.17, 15) is 4.79 Å². The number of H-pyrrole nitrogens is 1. The lowest BCUT2D eigenvalue weighted by Gasteiger charge is -2.12. The van der Waals surface area contributed by atoms with Crippen molar-refractivity contribution in [2.45, 2.75) is 45.4 Å². The molecule has 3 aromatic rings. The van der Waals surface area contributed by atoms with Gasteiger partial charge in [-0.25, -0.2) is 5.43 Å². The van der Waals surface area contributed by atoms with E-state index in [1.165, 1.54) is 59.6 Å². The monoisotopic (exact) mass is 508 g/mol. The number of aromatic amines is 1. The van der Waals surface area contributed by atoms with Crippen LogP contribution in [0.15, 0.2) is 47.6 Å². The predicted molar refractivity (Wildman–Crippen MR) is 144 cm³/mol. The minimum Gasteiger partial charge on any atom is -0.494 e. The zero-order valence-electron chi connectivity index (χ0n) is 22.0. The van der Waals surface area contributed by atoms with E-state index in [0.29, 0.717) is 34.2 Å². The van der Waals surface area contributed by atoms with Gasteiger partial charge in [0.15, 0.2) is 11.5 Å². The van der Waals surface area contributed by atoms with Crippen molar-refractivity contribution in [3.8, 4) is 34.3 Å². The lowest BCUT2D eigenvalue weighted by atomic mass is 10.1. The Balaban J connectivity index is 1.52. The quantitative estimate of drug-likeness (QED) is 0.157. The van der Waals surface area contributed by atoms with Crippen LogP contribution in [0.4, 0.5) is 0 Å². The molecule has 9 heteroatoms. The van der Waals surface area contributed by atoms with Gasteiger partial charge in [-0.2, -0.15) is 10.2 Å². The molecule has 1 amide bonds. The van der Waals surface area contributed by atoms with E-state index in [-0.39, 0.29) is 0 Å². The normalized spacial score (nSPS) is 10.9. The van der Waals surface area contributed by atoms with Gasteiger partial charge < -0.3 is 18.9 Å². The Kier molecular flexibility index (Phi) is 10.8. The van der Waals surface area contributed by atoms with Crippen molar-refractivity contribution < 1.29 is 23.7 Å². The highest BCUT2D eigenvalue weighted by Gasteiger charge is 2.13. The van der Waals surface area contributed by atoms with Crippen molar-refractivity contribution in [3.05, 3.63) is 53.7 Å². The first-order valence-corrected chi connectivity index (χ1v) is 12.5. The minimum absolute atomic E-state index is 0.292. The molecule has 1 aromatic heterocycles. The number of carbonyl (C=O) groups excluding carboxylic acids is 1. The van der Waals surface area contributed by atoms with Crippen molar-refractivity contribution >= 4 is 12.1 Å². The second-order valence-electron chi connectivity index (χ2n) is 8.47. The van der Waals surface area contributed by atoms with Gasteiger partial charge >= 0.3 is 0 Å². The van der Waals surface area contributed by atoms with Gasteiger partial charge in [-0.15, -0.1) is 0 Å². The Labute approximate surface area is 218 Å². The summed E-state index contributed by atoms with van der Waals surface area (Å²) in [4.78, 5) is 12.5. The van der Waals surface area contributed by atoms with Crippen molar-refractivity contribution in [1.29, 1.82) is 0 Å². The molecule has 0 bridgehead atoms. The fraction of sp³-hybridized carbons (Fsp3) is 0.393. The highest BCUT2D eigenvalue weighted by atomic mass is 16.5. The first-order valence-electron chi connectivity index (χ1n) is 12.5. The number of benzene rings is 2. The van der Waals surface area contributed by atoms with Crippen molar-refractivity contribution in [2.75, 3.05) is 27.9 Å². The van der Waals surface area contributed by atoms with Gasteiger partial charge in [-0.05, 0) is 48.9 Å². The Morgan fingerprint density at radius 3 is 2.27 bits per heavy atom. The second-order valence-corrected chi connectivity index (χ2v) is 8.47. The zero-order chi connectivity index (χ0) is 26.5. The number of hydrogen-bond acceptors (Lipinski definition) is 7. The molecule has 0 radical (unpaired) electrons. The highest BCUT2D eigenvalue weighted by molar-refractivity contribution is 5.94. The molecule has 2 N–H and O–H groups in total. The third-order valence-electron chi connectivity index (χ3n) is 5.81. The van der Waals surface area contributed by atoms with Gasteiger partial charge in [0.05, 0.1) is 39.8 Å². The molecular formula is C28H36N4O5. The molecule has 0 aliphatic carbocycles. The lowest BCUT2D eigenvalue weighted by Crippen LogP contribution is -2.18. The van der Waals surface area contributed by atoms with Crippen LogP contribution >= 0.6 is 0 Å². The van der Waals surface area contributed by atoms with Crippen LogP contribution in [-0.2, 0) is 0 Å². The van der Waals surface area contributed by atoms with Crippen molar-refractivity contribution in [1.82, 2.24) is 15.6 Å². The number of carbonyl (C=O) groups is 1. The second kappa shape index (κ2) is 14.5. The molecule has 0 atom stereocenters. The Morgan fingerprint density at radius 1 is 0.946 bits per heavy atom. The maximum atomic E-state index is 12.5. The van der Waals surface area contributed by atoms with Crippen LogP contribution in [-0.4, -0.2) is 50.3 Å². The number of amides is 1. The van der Waals surface area contributed by atoms with E-state index in [1.54, 1.807) is 18.2 Å². The van der Waals surface area contributed by atoms with Crippen molar-refractivity contribution in [2.24, 2.45) is 5.10 Å². The number of unbranched alkanes of at least 4 members (excludes halogenated alkanes) is 5. The third-order valence-corrected chi connectivity index (χ3v) is 5.81. The predicted octanol–water partition coefficient (Wildman–Crippen LogP) is 5.61. The maximum absolute atomic E-state index is 12.5. The summed E-state index contributed by atoms with van der Waals surface area (Å²) >= 11 is 0. The van der Waals surface area contributed by atoms with Crippen LogP contribution < -0.4 is 24.4 Å². The number of hydrogen-bond donors (Lipinski definition) is 2. The van der Waals surface area contributed by atoms with Crippen molar-refractivity contribution in [3.63, 3.8) is 0 Å². The van der Waals surface area contributed by atoms with Crippen LogP contribution in [0.25, 0.3) is 11.3 Å². The molecule has 2 aromatic carbocycles. The average Bonchev–Trinajstić information content (AvgIpc) is 3.43. The topological polar surface area (TPSA) is 107 Å². The Morgan fingerprint density at radius 2 is 1.62 bits per heavy atom. The highest BCUT2D eigenvalue weighted by Crippen LogP contribution is 2.37. The SMILES string of the molecule is CCCCCCCCOc1ccc(-c2cc(C(=O)N/N=C\c3cc(OC)c(OC)c(OC)c3)[nH]n2)cc1. The zero-order valence-corrected chi connectivity index (χ0v) is 22.0. The molecule has 1 heterocycles. The summed E-state index contributed by atoms with van der Waals surface area (Å²) in [5.41, 5.74) is 4.99. The van der Waals surface area contributed by atoms with Crippen LogP contribution in [0, 0.1) is 0 Å². The van der Waals surface area contributed by atoms with E-state index >= 15 is 0 Å². The van der Waals surface area contributed by atoms with Gasteiger partial charge in [-0.3, -0.25) is 9.89 Å². The van der Waals surface area contributed by atoms with Gasteiger partial charge in [0.25, 0.3) is 5.91 Å². The smallest absolute Gasteiger partial charge is 0.289 e. The van der Waals surface area contributed by atoms with Crippen LogP contribution in [0.3, 0.4) is 0 Å². The summed E-state index contributed by atoms with van der Waals surface area (Å²) < 4.78 is 21.8. The molecule has 0 saturated carbocycles. The summed E-state index contributed by atoms with van der Waals surface area (Å²) in [5, 5.41) is 11.0.